The molecule has 0 aliphatic heterocycles. The Morgan fingerprint density at radius 1 is 0.886 bits per heavy atom. The molecule has 189 valence electrons. The van der Waals surface area contributed by atoms with Crippen molar-refractivity contribution in [3.8, 4) is 23.0 Å². The van der Waals surface area contributed by atoms with Crippen molar-refractivity contribution in [3.63, 3.8) is 0 Å². The van der Waals surface area contributed by atoms with Crippen LogP contribution in [-0.2, 0) is 11.0 Å². The molecule has 0 unspecified atom stereocenters. The number of hydrogen-bond donors (Lipinski definition) is 0. The zero-order valence-electron chi connectivity index (χ0n) is 19.5. The van der Waals surface area contributed by atoms with E-state index in [1.165, 1.54) is 32.4 Å². The van der Waals surface area contributed by atoms with Crippen LogP contribution in [0.1, 0.15) is 40.5 Å². The molecule has 2 aromatic carbocycles. The van der Waals surface area contributed by atoms with E-state index in [-0.39, 0.29) is 78.1 Å². The standard InChI is InChI=1S/C12H15NO5.C8H7NO5PS.Tl.2H/c1-3-4-5-18-12-7-10(13(15)16)9(8-14)6-11(12)17-2;1-13-7-2-5(4-10)6(9(11)12)3-8(7)14-16-15;;;/h6-8H,3-5H2,1-2H3;2-4,16H,1H3;;;/q;-1;;;. The van der Waals surface area contributed by atoms with Crippen LogP contribution in [0.3, 0.4) is 0 Å². The van der Waals surface area contributed by atoms with E-state index in [2.05, 4.69) is 7.81 Å². The van der Waals surface area contributed by atoms with Crippen LogP contribution < -0.4 is 18.4 Å². The van der Waals surface area contributed by atoms with Gasteiger partial charge in [-0.25, -0.2) is 0 Å². The molecule has 0 spiro atoms. The van der Waals surface area contributed by atoms with Crippen molar-refractivity contribution < 1.29 is 37.8 Å². The number of carbonyl (C=O) groups is 2. The minimum absolute atomic E-state index is 0. The topological polar surface area (TPSA) is 157 Å². The van der Waals surface area contributed by atoms with Gasteiger partial charge in [-0.15, -0.1) is 0 Å². The van der Waals surface area contributed by atoms with Crippen LogP contribution in [0.25, 0.3) is 0 Å². The van der Waals surface area contributed by atoms with Gasteiger partial charge in [-0.05, 0) is 6.42 Å². The van der Waals surface area contributed by atoms with Gasteiger partial charge in [0, 0.05) is 6.07 Å². The predicted molar refractivity (Wildman–Crippen MR) is 135 cm³/mol. The summed E-state index contributed by atoms with van der Waals surface area (Å²) in [7, 11) is 6.60. The fraction of sp³-hybridized carbons (Fsp3) is 0.300. The number of unbranched alkanes of at least 4 members (excludes halogenated alkanes) is 1. The summed E-state index contributed by atoms with van der Waals surface area (Å²) in [6.07, 6.45) is 2.61. The quantitative estimate of drug-likeness (QED) is 0.0492. The third-order valence-electron chi connectivity index (χ3n) is 4.17. The summed E-state index contributed by atoms with van der Waals surface area (Å²) >= 11 is 0.274. The Balaban J connectivity index is 0.000000646. The average molecular weight is 720 g/mol. The molecule has 12 nitrogen and oxygen atoms in total. The number of methoxy groups -OCH3 is 2. The number of nitro benzene ring substituents is 2. The summed E-state index contributed by atoms with van der Waals surface area (Å²) in [6.45, 7) is 2.46. The van der Waals surface area contributed by atoms with Crippen LogP contribution in [0.4, 0.5) is 11.4 Å². The number of thiol groups is 1. The fourth-order valence-electron chi connectivity index (χ4n) is 2.51. The van der Waals surface area contributed by atoms with E-state index in [1.54, 1.807) is 0 Å². The van der Waals surface area contributed by atoms with E-state index in [1.807, 2.05) is 6.92 Å². The molecule has 0 fully saturated rings. The van der Waals surface area contributed by atoms with Crippen molar-refractivity contribution in [2.75, 3.05) is 20.8 Å². The number of hydrogen-bond acceptors (Lipinski definition) is 11. The van der Waals surface area contributed by atoms with Crippen LogP contribution >= 0.6 is 7.81 Å². The molecular formula is C20H24N2O10PSTl-. The van der Waals surface area contributed by atoms with Gasteiger partial charge in [0.1, 0.15) is 0 Å². The van der Waals surface area contributed by atoms with Crippen molar-refractivity contribution in [2.24, 2.45) is 0 Å². The van der Waals surface area contributed by atoms with Gasteiger partial charge in [0.05, 0.1) is 30.3 Å². The monoisotopic (exact) mass is 720 g/mol. The molecule has 1 radical (unpaired) electrons. The zero-order chi connectivity index (χ0) is 25.7. The Morgan fingerprint density at radius 3 is 1.71 bits per heavy atom. The summed E-state index contributed by atoms with van der Waals surface area (Å²) in [4.78, 5) is 41.6. The Kier molecular flexibility index (Phi) is 15.8. The number of carbonyl (C=O) groups excluding carboxylic acids is 2. The van der Waals surface area contributed by atoms with Crippen molar-refractivity contribution in [1.29, 1.82) is 0 Å². The van der Waals surface area contributed by atoms with E-state index in [9.17, 15) is 29.8 Å². The Labute approximate surface area is 226 Å². The maximum atomic E-state index is 10.8. The molecule has 0 aliphatic rings. The van der Waals surface area contributed by atoms with Gasteiger partial charge < -0.3 is 9.47 Å². The molecule has 0 bridgehead atoms. The maximum absolute atomic E-state index is 10.8. The van der Waals surface area contributed by atoms with E-state index in [4.69, 9.17) is 18.4 Å². The molecular weight excluding hydrogens is 696 g/mol. The first-order valence-corrected chi connectivity index (χ1v) is 11.5. The number of benzene rings is 2. The summed E-state index contributed by atoms with van der Waals surface area (Å²) < 4.78 is 20.4. The van der Waals surface area contributed by atoms with Crippen LogP contribution in [-0.4, -0.2) is 70.5 Å². The first-order valence-electron chi connectivity index (χ1n) is 9.55. The Bertz CT molecular complexity index is 1110. The van der Waals surface area contributed by atoms with Crippen molar-refractivity contribution >= 4 is 70.1 Å². The second-order valence-electron chi connectivity index (χ2n) is 6.25. The summed E-state index contributed by atoms with van der Waals surface area (Å²) in [5.41, 5.74) is -0.704. The first kappa shape index (κ1) is 32.5. The third kappa shape index (κ3) is 9.57. The molecule has 0 saturated heterocycles. The van der Waals surface area contributed by atoms with Gasteiger partial charge in [-0.2, -0.15) is 0 Å². The number of nitrogens with zero attached hydrogens (tertiary/aromatic N) is 2. The molecule has 35 heavy (non-hydrogen) atoms. The molecule has 0 aromatic heterocycles. The molecule has 0 amide bonds. The van der Waals surface area contributed by atoms with Crippen LogP contribution in [0.2, 0.25) is 0 Å². The van der Waals surface area contributed by atoms with Gasteiger partial charge in [0.2, 0.25) is 0 Å². The molecule has 2 rings (SSSR count). The molecule has 2 aromatic rings. The Morgan fingerprint density at radius 2 is 1.34 bits per heavy atom. The molecule has 15 heteroatoms. The number of nitro groups is 2. The van der Waals surface area contributed by atoms with E-state index >= 15 is 0 Å². The summed E-state index contributed by atoms with van der Waals surface area (Å²) in [5, 5.41) is 21.5. The predicted octanol–water partition coefficient (Wildman–Crippen LogP) is 3.53. The van der Waals surface area contributed by atoms with E-state index in [0.29, 0.717) is 24.9 Å². The van der Waals surface area contributed by atoms with Crippen molar-refractivity contribution in [1.82, 2.24) is 0 Å². The van der Waals surface area contributed by atoms with Gasteiger partial charge in [0.15, 0.2) is 17.8 Å². The summed E-state index contributed by atoms with van der Waals surface area (Å²) in [6, 6.07) is 4.91. The molecule has 0 atom stereocenters. The van der Waals surface area contributed by atoms with E-state index < -0.39 is 9.85 Å². The molecule has 0 aliphatic carbocycles. The van der Waals surface area contributed by atoms with Crippen molar-refractivity contribution in [3.05, 3.63) is 55.6 Å². The fourth-order valence-corrected chi connectivity index (χ4v) is 3.00. The first-order chi connectivity index (χ1) is 16.3. The van der Waals surface area contributed by atoms with Gasteiger partial charge in [-0.3, -0.25) is 14.9 Å². The van der Waals surface area contributed by atoms with Gasteiger partial charge in [-0.1, -0.05) is 13.3 Å². The number of rotatable bonds is 11. The zero-order valence-corrected chi connectivity index (χ0v) is 29.0. The Hall–Kier alpha value is -2.52. The SMILES string of the molecule is CCCCOc1cc([N+](=O)[O-])c(C=O)cc1OC.COc1cc(C=O)c([N+](=O)[O-])cc1O[SH-]#P.[TlH2]. The summed E-state index contributed by atoms with van der Waals surface area (Å²) in [5.74, 6) is 1.01. The van der Waals surface area contributed by atoms with Crippen LogP contribution in [0.15, 0.2) is 24.3 Å². The van der Waals surface area contributed by atoms with E-state index in [0.717, 1.165) is 18.9 Å². The number of aldehydes is 2. The molecule has 0 N–H and O–H groups in total. The van der Waals surface area contributed by atoms with Crippen LogP contribution in [0, 0.1) is 20.2 Å². The molecule has 0 heterocycles. The third-order valence-corrected chi connectivity index (χ3v) is 4.69. The normalized spacial score (nSPS) is 9.43. The van der Waals surface area contributed by atoms with Gasteiger partial charge in [0.25, 0.3) is 5.69 Å². The second kappa shape index (κ2) is 17.0. The average Bonchev–Trinajstić information content (AvgIpc) is 2.83. The van der Waals surface area contributed by atoms with Crippen molar-refractivity contribution in [2.45, 2.75) is 19.8 Å². The minimum atomic E-state index is -0.661. The molecule has 0 saturated carbocycles. The van der Waals surface area contributed by atoms with Crippen LogP contribution in [0.5, 0.6) is 23.0 Å². The number of ether oxygens (including phenoxy) is 3. The van der Waals surface area contributed by atoms with Gasteiger partial charge >= 0.3 is 123 Å². The second-order valence-corrected chi connectivity index (χ2v) is 7.08.